The number of carbonyl (C=O) groups excluding carboxylic acids is 1. The number of ether oxygens (including phenoxy) is 1. The molecule has 21 heavy (non-hydrogen) atoms. The molecule has 1 amide bonds. The zero-order valence-electron chi connectivity index (χ0n) is 11.7. The highest BCUT2D eigenvalue weighted by Gasteiger charge is 2.05. The smallest absolute Gasteiger partial charge is 0.227 e. The zero-order chi connectivity index (χ0) is 15.2. The van der Waals surface area contributed by atoms with Crippen molar-refractivity contribution in [2.24, 2.45) is 0 Å². The van der Waals surface area contributed by atoms with Crippen molar-refractivity contribution in [1.82, 2.24) is 0 Å². The molecule has 3 N–H and O–H groups in total. The number of nitrogens with one attached hydrogen (secondary N) is 1. The van der Waals surface area contributed by atoms with E-state index in [9.17, 15) is 4.79 Å². The number of benzene rings is 2. The second-order valence-electron chi connectivity index (χ2n) is 4.70. The molecule has 4 nitrogen and oxygen atoms in total. The monoisotopic (exact) mass is 304 g/mol. The summed E-state index contributed by atoms with van der Waals surface area (Å²) in [6.07, 6.45) is 0.245. The number of aryl methyl sites for hydroxylation is 1. The van der Waals surface area contributed by atoms with Gasteiger partial charge < -0.3 is 15.8 Å². The largest absolute Gasteiger partial charge is 0.491 e. The summed E-state index contributed by atoms with van der Waals surface area (Å²) in [5.41, 5.74) is 8.01. The molecule has 0 aliphatic carbocycles. The van der Waals surface area contributed by atoms with Crippen molar-refractivity contribution in [2.45, 2.75) is 13.3 Å². The summed E-state index contributed by atoms with van der Waals surface area (Å²) >= 11 is 6.02. The van der Waals surface area contributed by atoms with Crippen molar-refractivity contribution in [2.75, 3.05) is 17.7 Å². The lowest BCUT2D eigenvalue weighted by molar-refractivity contribution is -0.116. The molecule has 0 fully saturated rings. The first-order chi connectivity index (χ1) is 10.0. The quantitative estimate of drug-likeness (QED) is 0.829. The van der Waals surface area contributed by atoms with Gasteiger partial charge in [0.2, 0.25) is 5.91 Å². The maximum Gasteiger partial charge on any atom is 0.227 e. The van der Waals surface area contributed by atoms with Gasteiger partial charge in [-0.2, -0.15) is 0 Å². The van der Waals surface area contributed by atoms with Crippen LogP contribution in [0.2, 0.25) is 5.02 Å². The Kier molecular flexibility index (Phi) is 5.06. The number of anilines is 2. The summed E-state index contributed by atoms with van der Waals surface area (Å²) in [4.78, 5) is 11.8. The minimum atomic E-state index is -0.122. The van der Waals surface area contributed by atoms with Crippen molar-refractivity contribution in [3.8, 4) is 5.75 Å². The van der Waals surface area contributed by atoms with E-state index in [2.05, 4.69) is 5.32 Å². The van der Waals surface area contributed by atoms with Crippen molar-refractivity contribution >= 4 is 28.9 Å². The van der Waals surface area contributed by atoms with Crippen LogP contribution in [0.3, 0.4) is 0 Å². The average molecular weight is 305 g/mol. The highest BCUT2D eigenvalue weighted by Crippen LogP contribution is 2.25. The van der Waals surface area contributed by atoms with Crippen LogP contribution < -0.4 is 15.8 Å². The number of carbonyl (C=O) groups is 1. The Labute approximate surface area is 128 Å². The number of amides is 1. The predicted molar refractivity (Wildman–Crippen MR) is 85.8 cm³/mol. The minimum Gasteiger partial charge on any atom is -0.491 e. The first-order valence-electron chi connectivity index (χ1n) is 6.59. The summed E-state index contributed by atoms with van der Waals surface area (Å²) in [5, 5.41) is 3.32. The fraction of sp³-hybridized carbons (Fsp3) is 0.188. The van der Waals surface area contributed by atoms with Crippen LogP contribution in [0.4, 0.5) is 11.4 Å². The molecule has 0 bridgehead atoms. The molecule has 0 saturated heterocycles. The van der Waals surface area contributed by atoms with Gasteiger partial charge in [-0.1, -0.05) is 17.7 Å². The fourth-order valence-corrected chi connectivity index (χ4v) is 1.94. The number of rotatable bonds is 5. The third-order valence-electron chi connectivity index (χ3n) is 2.87. The van der Waals surface area contributed by atoms with E-state index >= 15 is 0 Å². The van der Waals surface area contributed by atoms with Gasteiger partial charge in [0.1, 0.15) is 5.75 Å². The van der Waals surface area contributed by atoms with Crippen LogP contribution in [-0.4, -0.2) is 12.5 Å². The molecule has 0 spiro atoms. The Hall–Kier alpha value is -2.20. The third-order valence-corrected chi connectivity index (χ3v) is 3.18. The van der Waals surface area contributed by atoms with Crippen molar-refractivity contribution in [3.05, 3.63) is 53.1 Å². The van der Waals surface area contributed by atoms with Gasteiger partial charge in [0.15, 0.2) is 0 Å². The SMILES string of the molecule is Cc1ccc(Cl)c(OCCC(=O)Nc2ccc(N)cc2)c1. The van der Waals surface area contributed by atoms with Crippen LogP contribution in [0, 0.1) is 6.92 Å². The topological polar surface area (TPSA) is 64.3 Å². The molecule has 0 aromatic heterocycles. The molecule has 2 aromatic carbocycles. The van der Waals surface area contributed by atoms with Gasteiger partial charge in [-0.15, -0.1) is 0 Å². The van der Waals surface area contributed by atoms with E-state index < -0.39 is 0 Å². The van der Waals surface area contributed by atoms with Gasteiger partial charge in [-0.05, 0) is 48.9 Å². The van der Waals surface area contributed by atoms with E-state index in [4.69, 9.17) is 22.1 Å². The summed E-state index contributed by atoms with van der Waals surface area (Å²) in [7, 11) is 0. The van der Waals surface area contributed by atoms with Crippen molar-refractivity contribution in [1.29, 1.82) is 0 Å². The van der Waals surface area contributed by atoms with Crippen LogP contribution >= 0.6 is 11.6 Å². The molecule has 0 radical (unpaired) electrons. The maximum absolute atomic E-state index is 11.8. The predicted octanol–water partition coefficient (Wildman–Crippen LogP) is 3.64. The summed E-state index contributed by atoms with van der Waals surface area (Å²) < 4.78 is 5.53. The molecule has 5 heteroatoms. The molecule has 0 atom stereocenters. The number of nitrogens with two attached hydrogens (primary N) is 1. The first-order valence-corrected chi connectivity index (χ1v) is 6.97. The van der Waals surface area contributed by atoms with Crippen LogP contribution in [0.5, 0.6) is 5.75 Å². The summed E-state index contributed by atoms with van der Waals surface area (Å²) in [6.45, 7) is 2.22. The Morgan fingerprint density at radius 1 is 1.24 bits per heavy atom. The van der Waals surface area contributed by atoms with Gasteiger partial charge in [0.05, 0.1) is 18.1 Å². The Bertz CT molecular complexity index is 627. The van der Waals surface area contributed by atoms with Crippen LogP contribution in [0.1, 0.15) is 12.0 Å². The summed E-state index contributed by atoms with van der Waals surface area (Å²) in [6, 6.07) is 12.5. The second kappa shape index (κ2) is 6.99. The van der Waals surface area contributed by atoms with E-state index in [-0.39, 0.29) is 18.9 Å². The lowest BCUT2D eigenvalue weighted by Gasteiger charge is -2.09. The molecule has 0 saturated carbocycles. The van der Waals surface area contributed by atoms with Gasteiger partial charge in [-0.3, -0.25) is 4.79 Å². The van der Waals surface area contributed by atoms with Crippen LogP contribution in [-0.2, 0) is 4.79 Å². The number of halogens is 1. The van der Waals surface area contributed by atoms with E-state index in [0.717, 1.165) is 5.56 Å². The molecular formula is C16H17ClN2O2. The van der Waals surface area contributed by atoms with E-state index in [0.29, 0.717) is 22.1 Å². The minimum absolute atomic E-state index is 0.122. The second-order valence-corrected chi connectivity index (χ2v) is 5.11. The van der Waals surface area contributed by atoms with Gasteiger partial charge in [-0.25, -0.2) is 0 Å². The third kappa shape index (κ3) is 4.68. The zero-order valence-corrected chi connectivity index (χ0v) is 12.5. The van der Waals surface area contributed by atoms with E-state index in [1.165, 1.54) is 0 Å². The Balaban J connectivity index is 1.81. The normalized spacial score (nSPS) is 10.2. The molecule has 110 valence electrons. The molecular weight excluding hydrogens is 288 g/mol. The molecule has 0 aliphatic rings. The fourth-order valence-electron chi connectivity index (χ4n) is 1.76. The lowest BCUT2D eigenvalue weighted by atomic mass is 10.2. The van der Waals surface area contributed by atoms with Crippen LogP contribution in [0.15, 0.2) is 42.5 Å². The first kappa shape index (κ1) is 15.2. The standard InChI is InChI=1S/C16H17ClN2O2/c1-11-2-7-14(17)15(10-11)21-9-8-16(20)19-13-5-3-12(18)4-6-13/h2-7,10H,8-9,18H2,1H3,(H,19,20). The highest BCUT2D eigenvalue weighted by atomic mass is 35.5. The lowest BCUT2D eigenvalue weighted by Crippen LogP contribution is -2.15. The van der Waals surface area contributed by atoms with Gasteiger partial charge in [0, 0.05) is 11.4 Å². The number of hydrogen-bond donors (Lipinski definition) is 2. The summed E-state index contributed by atoms with van der Waals surface area (Å²) in [5.74, 6) is 0.473. The van der Waals surface area contributed by atoms with E-state index in [1.54, 1.807) is 30.3 Å². The average Bonchev–Trinajstić information content (AvgIpc) is 2.45. The van der Waals surface area contributed by atoms with Gasteiger partial charge in [0.25, 0.3) is 0 Å². The number of hydrogen-bond acceptors (Lipinski definition) is 3. The van der Waals surface area contributed by atoms with Crippen molar-refractivity contribution in [3.63, 3.8) is 0 Å². The van der Waals surface area contributed by atoms with Crippen molar-refractivity contribution < 1.29 is 9.53 Å². The van der Waals surface area contributed by atoms with E-state index in [1.807, 2.05) is 19.1 Å². The highest BCUT2D eigenvalue weighted by molar-refractivity contribution is 6.32. The maximum atomic E-state index is 11.8. The Morgan fingerprint density at radius 3 is 2.67 bits per heavy atom. The van der Waals surface area contributed by atoms with Gasteiger partial charge >= 0.3 is 0 Å². The molecule has 0 aliphatic heterocycles. The molecule has 2 aromatic rings. The number of nitrogen functional groups attached to an aromatic ring is 1. The Morgan fingerprint density at radius 2 is 1.95 bits per heavy atom. The van der Waals surface area contributed by atoms with Crippen LogP contribution in [0.25, 0.3) is 0 Å². The molecule has 2 rings (SSSR count). The molecule has 0 unspecified atom stereocenters. The molecule has 0 heterocycles.